The van der Waals surface area contributed by atoms with Crippen molar-refractivity contribution in [1.29, 1.82) is 0 Å². The first-order chi connectivity index (χ1) is 19.2. The van der Waals surface area contributed by atoms with E-state index in [1.807, 2.05) is 24.3 Å². The predicted octanol–water partition coefficient (Wildman–Crippen LogP) is 4.03. The van der Waals surface area contributed by atoms with Gasteiger partial charge in [0, 0.05) is 31.1 Å². The van der Waals surface area contributed by atoms with Crippen molar-refractivity contribution in [1.82, 2.24) is 14.9 Å². The average molecular weight is 586 g/mol. The number of carbonyl (C=O) groups is 2. The summed E-state index contributed by atoms with van der Waals surface area (Å²) in [4.78, 5) is 28.3. The van der Waals surface area contributed by atoms with Crippen LogP contribution in [0.5, 0.6) is 11.5 Å². The molecule has 3 aromatic rings. The zero-order valence-electron chi connectivity index (χ0n) is 22.4. The summed E-state index contributed by atoms with van der Waals surface area (Å²) in [6, 6.07) is 18.3. The predicted molar refractivity (Wildman–Crippen MR) is 152 cm³/mol. The summed E-state index contributed by atoms with van der Waals surface area (Å²) in [5.41, 5.74) is 2.50. The summed E-state index contributed by atoms with van der Waals surface area (Å²) < 4.78 is 37.6. The molecule has 1 atom stereocenters. The highest BCUT2D eigenvalue weighted by Gasteiger charge is 2.26. The molecule has 4 rings (SSSR count). The van der Waals surface area contributed by atoms with Crippen molar-refractivity contribution in [2.45, 2.75) is 50.7 Å². The summed E-state index contributed by atoms with van der Waals surface area (Å²) >= 11 is 6.03. The van der Waals surface area contributed by atoms with Gasteiger partial charge in [-0.15, -0.1) is 0 Å². The standard InChI is InChI=1S/C29H32ClN3O6S/c1-3-32-40(36,37)25-12-6-21(7-13-25)9-15-28(34)33(18-22-4-10-24(30)11-5-22)20(2)29(35)31-17-23-8-14-26-27(16-23)39-19-38-26/h4-8,10-14,16,20,32H,3,9,15,17-19H2,1-2H3,(H,31,35)/t20-/m0/s1. The lowest BCUT2D eigenvalue weighted by Gasteiger charge is -2.29. The van der Waals surface area contributed by atoms with Gasteiger partial charge in [-0.25, -0.2) is 13.1 Å². The normalized spacial score (nSPS) is 13.1. The number of ether oxygens (including phenoxy) is 2. The Kier molecular flexibility index (Phi) is 9.67. The van der Waals surface area contributed by atoms with Gasteiger partial charge in [0.25, 0.3) is 0 Å². The Bertz CT molecular complexity index is 1450. The smallest absolute Gasteiger partial charge is 0.242 e. The molecule has 3 aromatic carbocycles. The van der Waals surface area contributed by atoms with Crippen LogP contribution in [0.3, 0.4) is 0 Å². The Labute approximate surface area is 239 Å². The van der Waals surface area contributed by atoms with Crippen molar-refractivity contribution in [3.63, 3.8) is 0 Å². The molecular formula is C29H32ClN3O6S. The maximum atomic E-state index is 13.4. The van der Waals surface area contributed by atoms with Crippen LogP contribution in [0.1, 0.15) is 37.0 Å². The van der Waals surface area contributed by atoms with Gasteiger partial charge in [0.05, 0.1) is 4.90 Å². The summed E-state index contributed by atoms with van der Waals surface area (Å²) in [5, 5.41) is 3.49. The Morgan fingerprint density at radius 2 is 1.60 bits per heavy atom. The highest BCUT2D eigenvalue weighted by Crippen LogP contribution is 2.32. The van der Waals surface area contributed by atoms with E-state index in [1.54, 1.807) is 49.1 Å². The maximum absolute atomic E-state index is 13.4. The molecule has 9 nitrogen and oxygen atoms in total. The number of carbonyl (C=O) groups excluding carboxylic acids is 2. The lowest BCUT2D eigenvalue weighted by atomic mass is 10.1. The Morgan fingerprint density at radius 1 is 0.950 bits per heavy atom. The Morgan fingerprint density at radius 3 is 2.30 bits per heavy atom. The number of nitrogens with one attached hydrogen (secondary N) is 2. The fourth-order valence-corrected chi connectivity index (χ4v) is 5.43. The number of hydrogen-bond acceptors (Lipinski definition) is 6. The molecule has 0 aliphatic carbocycles. The van der Waals surface area contributed by atoms with Crippen LogP contribution >= 0.6 is 11.6 Å². The lowest BCUT2D eigenvalue weighted by Crippen LogP contribution is -2.47. The molecule has 1 aliphatic heterocycles. The molecule has 0 spiro atoms. The van der Waals surface area contributed by atoms with E-state index in [0.29, 0.717) is 29.5 Å². The molecule has 2 amide bonds. The molecule has 40 heavy (non-hydrogen) atoms. The van der Waals surface area contributed by atoms with Crippen LogP contribution in [0.2, 0.25) is 5.02 Å². The first-order valence-electron chi connectivity index (χ1n) is 12.9. The number of aryl methyl sites for hydroxylation is 1. The van der Waals surface area contributed by atoms with Gasteiger partial charge in [-0.1, -0.05) is 48.9 Å². The van der Waals surface area contributed by atoms with Gasteiger partial charge in [-0.2, -0.15) is 0 Å². The van der Waals surface area contributed by atoms with E-state index in [0.717, 1.165) is 16.7 Å². The number of nitrogens with zero attached hydrogens (tertiary/aromatic N) is 1. The molecule has 0 bridgehead atoms. The summed E-state index contributed by atoms with van der Waals surface area (Å²) in [6.07, 6.45) is 0.537. The fraction of sp³-hybridized carbons (Fsp3) is 0.310. The molecule has 212 valence electrons. The molecule has 0 saturated heterocycles. The molecular weight excluding hydrogens is 554 g/mol. The molecule has 1 aliphatic rings. The number of rotatable bonds is 12. The second-order valence-electron chi connectivity index (χ2n) is 9.37. The van der Waals surface area contributed by atoms with Crippen molar-refractivity contribution < 1.29 is 27.5 Å². The van der Waals surface area contributed by atoms with Gasteiger partial charge in [0.15, 0.2) is 11.5 Å². The third kappa shape index (κ3) is 7.53. The largest absolute Gasteiger partial charge is 0.454 e. The number of halogens is 1. The number of fused-ring (bicyclic) bond motifs is 1. The van der Waals surface area contributed by atoms with Gasteiger partial charge in [0.2, 0.25) is 28.6 Å². The molecule has 11 heteroatoms. The number of amides is 2. The summed E-state index contributed by atoms with van der Waals surface area (Å²) in [7, 11) is -3.55. The van der Waals surface area contributed by atoms with Gasteiger partial charge in [-0.05, 0) is 66.4 Å². The Hall–Kier alpha value is -3.60. The molecule has 0 unspecified atom stereocenters. The monoisotopic (exact) mass is 585 g/mol. The average Bonchev–Trinajstić information content (AvgIpc) is 3.42. The first kappa shape index (κ1) is 29.4. The van der Waals surface area contributed by atoms with Crippen molar-refractivity contribution in [3.8, 4) is 11.5 Å². The van der Waals surface area contributed by atoms with E-state index in [2.05, 4.69) is 10.0 Å². The molecule has 2 N–H and O–H groups in total. The van der Waals surface area contributed by atoms with Gasteiger partial charge in [0.1, 0.15) is 6.04 Å². The van der Waals surface area contributed by atoms with Crippen molar-refractivity contribution in [2.24, 2.45) is 0 Å². The zero-order valence-corrected chi connectivity index (χ0v) is 23.9. The van der Waals surface area contributed by atoms with Crippen LogP contribution in [-0.2, 0) is 39.1 Å². The van der Waals surface area contributed by atoms with E-state index >= 15 is 0 Å². The van der Waals surface area contributed by atoms with Gasteiger partial charge in [-0.3, -0.25) is 9.59 Å². The van der Waals surface area contributed by atoms with Crippen LogP contribution in [0.4, 0.5) is 0 Å². The van der Waals surface area contributed by atoms with E-state index in [9.17, 15) is 18.0 Å². The fourth-order valence-electron chi connectivity index (χ4n) is 4.26. The molecule has 1 heterocycles. The van der Waals surface area contributed by atoms with Crippen molar-refractivity contribution in [3.05, 3.63) is 88.4 Å². The lowest BCUT2D eigenvalue weighted by molar-refractivity contribution is -0.140. The van der Waals surface area contributed by atoms with E-state index in [1.165, 1.54) is 12.1 Å². The highest BCUT2D eigenvalue weighted by molar-refractivity contribution is 7.89. The minimum atomic E-state index is -3.55. The summed E-state index contributed by atoms with van der Waals surface area (Å²) in [6.45, 7) is 4.38. The zero-order chi connectivity index (χ0) is 28.7. The SMILES string of the molecule is CCNS(=O)(=O)c1ccc(CCC(=O)N(Cc2ccc(Cl)cc2)[C@@H](C)C(=O)NCc2ccc3c(c2)OCO3)cc1. The molecule has 0 saturated carbocycles. The van der Waals surface area contributed by atoms with E-state index in [-0.39, 0.29) is 43.0 Å². The second-order valence-corrected chi connectivity index (χ2v) is 11.6. The molecule has 0 fully saturated rings. The number of hydrogen-bond donors (Lipinski definition) is 2. The quantitative estimate of drug-likeness (QED) is 0.332. The highest BCUT2D eigenvalue weighted by atomic mass is 35.5. The minimum Gasteiger partial charge on any atom is -0.454 e. The van der Waals surface area contributed by atoms with Crippen LogP contribution < -0.4 is 19.5 Å². The Balaban J connectivity index is 1.42. The third-order valence-electron chi connectivity index (χ3n) is 6.53. The molecule has 0 radical (unpaired) electrons. The van der Waals surface area contributed by atoms with Crippen LogP contribution in [-0.4, -0.2) is 44.5 Å². The van der Waals surface area contributed by atoms with Gasteiger partial charge >= 0.3 is 0 Å². The maximum Gasteiger partial charge on any atom is 0.242 e. The van der Waals surface area contributed by atoms with Gasteiger partial charge < -0.3 is 19.7 Å². The third-order valence-corrected chi connectivity index (χ3v) is 8.35. The topological polar surface area (TPSA) is 114 Å². The number of benzene rings is 3. The van der Waals surface area contributed by atoms with E-state index in [4.69, 9.17) is 21.1 Å². The number of sulfonamides is 1. The summed E-state index contributed by atoms with van der Waals surface area (Å²) in [5.74, 6) is 0.798. The first-order valence-corrected chi connectivity index (χ1v) is 14.8. The molecule has 0 aromatic heterocycles. The minimum absolute atomic E-state index is 0.146. The van der Waals surface area contributed by atoms with Crippen molar-refractivity contribution in [2.75, 3.05) is 13.3 Å². The second kappa shape index (κ2) is 13.2. The van der Waals surface area contributed by atoms with E-state index < -0.39 is 16.1 Å². The van der Waals surface area contributed by atoms with Crippen LogP contribution in [0.15, 0.2) is 71.6 Å². The van der Waals surface area contributed by atoms with Crippen LogP contribution in [0.25, 0.3) is 0 Å². The van der Waals surface area contributed by atoms with Crippen molar-refractivity contribution >= 4 is 33.4 Å². The van der Waals surface area contributed by atoms with Crippen LogP contribution in [0, 0.1) is 0 Å².